The van der Waals surface area contributed by atoms with Crippen LogP contribution in [0.25, 0.3) is 0 Å². The van der Waals surface area contributed by atoms with E-state index in [4.69, 9.17) is 11.6 Å². The van der Waals surface area contributed by atoms with Crippen molar-refractivity contribution in [3.8, 4) is 0 Å². The molecule has 24 heavy (non-hydrogen) atoms. The summed E-state index contributed by atoms with van der Waals surface area (Å²) >= 11 is 6.01. The van der Waals surface area contributed by atoms with E-state index in [0.717, 1.165) is 24.9 Å². The standard InChI is InChI=1S/C19H19ClN2O2/c20-16-10-5-4-9-15(16)19(24)21-13-18(23)22-12-6-11-17(22)14-7-2-1-3-8-14/h1-5,7-10,17H,6,11-13H2,(H,21,24)/t17-/m1/s1. The van der Waals surface area contributed by atoms with E-state index in [2.05, 4.69) is 5.32 Å². The summed E-state index contributed by atoms with van der Waals surface area (Å²) in [4.78, 5) is 26.5. The highest BCUT2D eigenvalue weighted by Gasteiger charge is 2.29. The Morgan fingerprint density at radius 2 is 1.79 bits per heavy atom. The summed E-state index contributed by atoms with van der Waals surface area (Å²) in [7, 11) is 0. The molecular weight excluding hydrogens is 324 g/mol. The summed E-state index contributed by atoms with van der Waals surface area (Å²) in [5, 5.41) is 3.05. The zero-order valence-electron chi connectivity index (χ0n) is 13.2. The van der Waals surface area contributed by atoms with E-state index >= 15 is 0 Å². The van der Waals surface area contributed by atoms with Crippen molar-refractivity contribution in [3.05, 3.63) is 70.7 Å². The van der Waals surface area contributed by atoms with Gasteiger partial charge in [-0.25, -0.2) is 0 Å². The van der Waals surface area contributed by atoms with Crippen molar-refractivity contribution in [2.45, 2.75) is 18.9 Å². The van der Waals surface area contributed by atoms with Crippen molar-refractivity contribution in [1.82, 2.24) is 10.2 Å². The molecule has 0 bridgehead atoms. The Morgan fingerprint density at radius 3 is 2.54 bits per heavy atom. The lowest BCUT2D eigenvalue weighted by molar-refractivity contribution is -0.131. The van der Waals surface area contributed by atoms with Gasteiger partial charge in [0.2, 0.25) is 5.91 Å². The number of likely N-dealkylation sites (tertiary alicyclic amines) is 1. The topological polar surface area (TPSA) is 49.4 Å². The molecule has 0 spiro atoms. The molecule has 5 heteroatoms. The van der Waals surface area contributed by atoms with Gasteiger partial charge in [-0.2, -0.15) is 0 Å². The van der Waals surface area contributed by atoms with Crippen molar-refractivity contribution in [1.29, 1.82) is 0 Å². The molecular formula is C19H19ClN2O2. The fourth-order valence-corrected chi connectivity index (χ4v) is 3.31. The molecule has 4 nitrogen and oxygen atoms in total. The summed E-state index contributed by atoms with van der Waals surface area (Å²) in [6.45, 7) is 0.702. The zero-order valence-corrected chi connectivity index (χ0v) is 14.0. The highest BCUT2D eigenvalue weighted by atomic mass is 35.5. The molecule has 0 radical (unpaired) electrons. The number of carbonyl (C=O) groups excluding carboxylic acids is 2. The molecule has 1 heterocycles. The summed E-state index contributed by atoms with van der Waals surface area (Å²) in [6.07, 6.45) is 1.93. The molecule has 1 aliphatic rings. The second kappa shape index (κ2) is 7.49. The molecule has 1 aliphatic heterocycles. The molecule has 2 aromatic rings. The maximum absolute atomic E-state index is 12.5. The molecule has 1 fully saturated rings. The van der Waals surface area contributed by atoms with Crippen molar-refractivity contribution in [2.75, 3.05) is 13.1 Å². The van der Waals surface area contributed by atoms with Crippen molar-refractivity contribution in [3.63, 3.8) is 0 Å². The highest BCUT2D eigenvalue weighted by molar-refractivity contribution is 6.33. The largest absolute Gasteiger partial charge is 0.343 e. The SMILES string of the molecule is O=C(NCC(=O)N1CCC[C@@H]1c1ccccc1)c1ccccc1Cl. The summed E-state index contributed by atoms with van der Waals surface area (Å²) in [5.41, 5.74) is 1.52. The Bertz CT molecular complexity index is 733. The number of hydrogen-bond donors (Lipinski definition) is 1. The van der Waals surface area contributed by atoms with E-state index < -0.39 is 0 Å². The summed E-state index contributed by atoms with van der Waals surface area (Å²) < 4.78 is 0. The van der Waals surface area contributed by atoms with E-state index in [1.54, 1.807) is 24.3 Å². The predicted molar refractivity (Wildman–Crippen MR) is 93.9 cm³/mol. The average molecular weight is 343 g/mol. The van der Waals surface area contributed by atoms with Gasteiger partial charge in [0.15, 0.2) is 0 Å². The molecule has 2 aromatic carbocycles. The van der Waals surface area contributed by atoms with Gasteiger partial charge in [0.25, 0.3) is 5.91 Å². The van der Waals surface area contributed by atoms with Crippen LogP contribution in [0.15, 0.2) is 54.6 Å². The van der Waals surface area contributed by atoms with Gasteiger partial charge in [0, 0.05) is 6.54 Å². The smallest absolute Gasteiger partial charge is 0.253 e. The van der Waals surface area contributed by atoms with Crippen LogP contribution >= 0.6 is 11.6 Å². The minimum absolute atomic E-state index is 0.0204. The first-order valence-corrected chi connectivity index (χ1v) is 8.42. The Labute approximate surface area is 146 Å². The van der Waals surface area contributed by atoms with Crippen LogP contribution in [0.3, 0.4) is 0 Å². The number of amides is 2. The number of nitrogens with zero attached hydrogens (tertiary/aromatic N) is 1. The molecule has 124 valence electrons. The van der Waals surface area contributed by atoms with Crippen LogP contribution in [0.2, 0.25) is 5.02 Å². The Morgan fingerprint density at radius 1 is 1.08 bits per heavy atom. The maximum atomic E-state index is 12.5. The van der Waals surface area contributed by atoms with Gasteiger partial charge in [0.1, 0.15) is 0 Å². The van der Waals surface area contributed by atoms with Gasteiger partial charge in [-0.15, -0.1) is 0 Å². The molecule has 0 aromatic heterocycles. The molecule has 0 saturated carbocycles. The third-order valence-electron chi connectivity index (χ3n) is 4.28. The molecule has 1 N–H and O–H groups in total. The van der Waals surface area contributed by atoms with Crippen LogP contribution in [-0.4, -0.2) is 29.8 Å². The minimum atomic E-state index is -0.329. The normalized spacial score (nSPS) is 16.9. The lowest BCUT2D eigenvalue weighted by Gasteiger charge is -2.25. The number of hydrogen-bond acceptors (Lipinski definition) is 2. The first-order valence-electron chi connectivity index (χ1n) is 8.04. The average Bonchev–Trinajstić information content (AvgIpc) is 3.10. The van der Waals surface area contributed by atoms with E-state index in [0.29, 0.717) is 10.6 Å². The fourth-order valence-electron chi connectivity index (χ4n) is 3.08. The molecule has 2 amide bonds. The van der Waals surface area contributed by atoms with E-state index in [1.807, 2.05) is 35.2 Å². The molecule has 3 rings (SSSR count). The van der Waals surface area contributed by atoms with Crippen LogP contribution in [0.5, 0.6) is 0 Å². The van der Waals surface area contributed by atoms with Crippen LogP contribution in [0.4, 0.5) is 0 Å². The van der Waals surface area contributed by atoms with Crippen LogP contribution < -0.4 is 5.32 Å². The summed E-state index contributed by atoms with van der Waals surface area (Å²) in [6, 6.07) is 16.9. The Balaban J connectivity index is 1.62. The second-order valence-corrected chi connectivity index (χ2v) is 6.23. The lowest BCUT2D eigenvalue weighted by atomic mass is 10.0. The molecule has 0 aliphatic carbocycles. The van der Waals surface area contributed by atoms with Crippen LogP contribution in [0.1, 0.15) is 34.8 Å². The van der Waals surface area contributed by atoms with E-state index in [-0.39, 0.29) is 24.4 Å². The Kier molecular flexibility index (Phi) is 5.16. The van der Waals surface area contributed by atoms with Gasteiger partial charge < -0.3 is 10.2 Å². The second-order valence-electron chi connectivity index (χ2n) is 5.82. The minimum Gasteiger partial charge on any atom is -0.343 e. The van der Waals surface area contributed by atoms with Crippen LogP contribution in [-0.2, 0) is 4.79 Å². The zero-order chi connectivity index (χ0) is 16.9. The van der Waals surface area contributed by atoms with Gasteiger partial charge in [-0.3, -0.25) is 9.59 Å². The summed E-state index contributed by atoms with van der Waals surface area (Å²) in [5.74, 6) is -0.397. The first kappa shape index (κ1) is 16.5. The third kappa shape index (κ3) is 3.60. The van der Waals surface area contributed by atoms with Gasteiger partial charge in [0.05, 0.1) is 23.2 Å². The third-order valence-corrected chi connectivity index (χ3v) is 4.61. The monoisotopic (exact) mass is 342 g/mol. The number of rotatable bonds is 4. The predicted octanol–water partition coefficient (Wildman–Crippen LogP) is 3.43. The lowest BCUT2D eigenvalue weighted by Crippen LogP contribution is -2.39. The molecule has 1 saturated heterocycles. The highest BCUT2D eigenvalue weighted by Crippen LogP contribution is 2.31. The van der Waals surface area contributed by atoms with Crippen molar-refractivity contribution < 1.29 is 9.59 Å². The van der Waals surface area contributed by atoms with Crippen LogP contribution in [0, 0.1) is 0 Å². The number of carbonyl (C=O) groups is 2. The van der Waals surface area contributed by atoms with Gasteiger partial charge in [-0.05, 0) is 30.5 Å². The van der Waals surface area contributed by atoms with E-state index in [1.165, 1.54) is 0 Å². The molecule has 1 atom stereocenters. The Hall–Kier alpha value is -2.33. The van der Waals surface area contributed by atoms with Crippen molar-refractivity contribution in [2.24, 2.45) is 0 Å². The quantitative estimate of drug-likeness (QED) is 0.925. The number of halogens is 1. The molecule has 0 unspecified atom stereocenters. The number of nitrogens with one attached hydrogen (secondary N) is 1. The van der Waals surface area contributed by atoms with E-state index in [9.17, 15) is 9.59 Å². The number of benzene rings is 2. The van der Waals surface area contributed by atoms with Gasteiger partial charge in [-0.1, -0.05) is 54.1 Å². The maximum Gasteiger partial charge on any atom is 0.253 e. The first-order chi connectivity index (χ1) is 11.7. The van der Waals surface area contributed by atoms with Gasteiger partial charge >= 0.3 is 0 Å². The fraction of sp³-hybridized carbons (Fsp3) is 0.263. The van der Waals surface area contributed by atoms with Crippen molar-refractivity contribution >= 4 is 23.4 Å².